The Kier molecular flexibility index (Phi) is 6.31. The number of hydrogen-bond donors (Lipinski definition) is 1. The van der Waals surface area contributed by atoms with E-state index in [1.54, 1.807) is 19.4 Å². The molecule has 0 fully saturated rings. The number of benzene rings is 1. The van der Waals surface area contributed by atoms with E-state index in [4.69, 9.17) is 9.47 Å². The topological polar surface area (TPSA) is 77.5 Å². The number of hydrogen-bond acceptors (Lipinski definition) is 5. The van der Waals surface area contributed by atoms with E-state index in [9.17, 15) is 9.59 Å². The summed E-state index contributed by atoms with van der Waals surface area (Å²) in [7, 11) is 1.59. The maximum Gasteiger partial charge on any atom is 0.340 e. The van der Waals surface area contributed by atoms with E-state index in [-0.39, 0.29) is 24.1 Å². The molecule has 126 valence electrons. The quantitative estimate of drug-likeness (QED) is 0.764. The maximum absolute atomic E-state index is 11.9. The zero-order valence-electron chi connectivity index (χ0n) is 13.3. The monoisotopic (exact) mass is 392 g/mol. The molecular weight excluding hydrogens is 376 g/mol. The fourth-order valence-corrected chi connectivity index (χ4v) is 2.36. The molecule has 0 radical (unpaired) electrons. The molecule has 1 aromatic carbocycles. The minimum Gasteiger partial charge on any atom is -0.497 e. The number of carbonyl (C=O) groups is 2. The Hall–Kier alpha value is -2.41. The molecule has 1 aromatic heterocycles. The summed E-state index contributed by atoms with van der Waals surface area (Å²) in [6.07, 6.45) is 2.94. The highest BCUT2D eigenvalue weighted by molar-refractivity contribution is 9.10. The number of methoxy groups -OCH3 is 1. The lowest BCUT2D eigenvalue weighted by atomic mass is 10.1. The predicted molar refractivity (Wildman–Crippen MR) is 91.8 cm³/mol. The molecule has 6 nitrogen and oxygen atoms in total. The first-order chi connectivity index (χ1) is 11.5. The summed E-state index contributed by atoms with van der Waals surface area (Å²) in [4.78, 5) is 27.6. The largest absolute Gasteiger partial charge is 0.497 e. The van der Waals surface area contributed by atoms with Crippen molar-refractivity contribution in [2.45, 2.75) is 13.0 Å². The molecule has 0 spiro atoms. The lowest BCUT2D eigenvalue weighted by Crippen LogP contribution is -2.31. The van der Waals surface area contributed by atoms with Gasteiger partial charge in [0.1, 0.15) is 5.75 Å². The third-order valence-electron chi connectivity index (χ3n) is 3.27. The highest BCUT2D eigenvalue weighted by Crippen LogP contribution is 2.17. The van der Waals surface area contributed by atoms with Crippen LogP contribution in [0.15, 0.2) is 47.2 Å². The van der Waals surface area contributed by atoms with Gasteiger partial charge in [-0.05, 0) is 46.6 Å². The fraction of sp³-hybridized carbons (Fsp3) is 0.235. The molecule has 0 unspecified atom stereocenters. The summed E-state index contributed by atoms with van der Waals surface area (Å²) in [5.41, 5.74) is 1.20. The molecule has 0 aliphatic heterocycles. The number of ether oxygens (including phenoxy) is 2. The SMILES string of the molecule is COc1ccc([C@@H](C)NC(=O)COC(=O)c2cncc(Br)c2)cc1. The van der Waals surface area contributed by atoms with Gasteiger partial charge in [0.15, 0.2) is 6.61 Å². The third kappa shape index (κ3) is 5.06. The molecule has 2 rings (SSSR count). The second-order valence-electron chi connectivity index (χ2n) is 5.03. The van der Waals surface area contributed by atoms with Gasteiger partial charge in [0, 0.05) is 16.9 Å². The number of carbonyl (C=O) groups excluding carboxylic acids is 2. The number of aromatic nitrogens is 1. The zero-order valence-corrected chi connectivity index (χ0v) is 14.9. The molecule has 0 saturated heterocycles. The van der Waals surface area contributed by atoms with Crippen molar-refractivity contribution in [3.63, 3.8) is 0 Å². The second kappa shape index (κ2) is 8.44. The van der Waals surface area contributed by atoms with Crippen molar-refractivity contribution in [1.82, 2.24) is 10.3 Å². The highest BCUT2D eigenvalue weighted by atomic mass is 79.9. The van der Waals surface area contributed by atoms with Crippen molar-refractivity contribution < 1.29 is 19.1 Å². The van der Waals surface area contributed by atoms with E-state index in [1.807, 2.05) is 31.2 Å². The molecule has 0 aliphatic carbocycles. The van der Waals surface area contributed by atoms with Gasteiger partial charge >= 0.3 is 5.97 Å². The maximum atomic E-state index is 11.9. The first-order valence-corrected chi connectivity index (χ1v) is 8.00. The first kappa shape index (κ1) is 17.9. The molecule has 1 N–H and O–H groups in total. The minimum absolute atomic E-state index is 0.213. The molecule has 2 aromatic rings. The van der Waals surface area contributed by atoms with Gasteiger partial charge in [0.05, 0.1) is 18.7 Å². The smallest absolute Gasteiger partial charge is 0.340 e. The summed E-state index contributed by atoms with van der Waals surface area (Å²) in [6.45, 7) is 1.49. The normalized spacial score (nSPS) is 11.5. The highest BCUT2D eigenvalue weighted by Gasteiger charge is 2.13. The summed E-state index contributed by atoms with van der Waals surface area (Å²) in [6, 6.07) is 8.73. The van der Waals surface area contributed by atoms with Crippen LogP contribution in [0.4, 0.5) is 0 Å². The van der Waals surface area contributed by atoms with Crippen molar-refractivity contribution in [3.8, 4) is 5.75 Å². The van der Waals surface area contributed by atoms with Crippen LogP contribution in [0.5, 0.6) is 5.75 Å². The number of rotatable bonds is 6. The Labute approximate surface area is 148 Å². The van der Waals surface area contributed by atoms with Crippen LogP contribution in [0.1, 0.15) is 28.9 Å². The molecule has 1 heterocycles. The van der Waals surface area contributed by atoms with Crippen LogP contribution >= 0.6 is 15.9 Å². The van der Waals surface area contributed by atoms with E-state index in [0.29, 0.717) is 4.47 Å². The Bertz CT molecular complexity index is 719. The molecule has 0 saturated carbocycles. The summed E-state index contributed by atoms with van der Waals surface area (Å²) >= 11 is 3.22. The standard InChI is InChI=1S/C17H17BrN2O4/c1-11(12-3-5-15(23-2)6-4-12)20-16(21)10-24-17(22)13-7-14(18)9-19-8-13/h3-9,11H,10H2,1-2H3,(H,20,21)/t11-/m1/s1. The summed E-state index contributed by atoms with van der Waals surface area (Å²) in [5, 5.41) is 2.77. The van der Waals surface area contributed by atoms with Gasteiger partial charge in [-0.1, -0.05) is 12.1 Å². The van der Waals surface area contributed by atoms with Gasteiger partial charge in [0.2, 0.25) is 0 Å². The van der Waals surface area contributed by atoms with Gasteiger partial charge in [0.25, 0.3) is 5.91 Å². The van der Waals surface area contributed by atoms with E-state index < -0.39 is 5.97 Å². The Morgan fingerprint density at radius 3 is 2.58 bits per heavy atom. The number of nitrogens with one attached hydrogen (secondary N) is 1. The van der Waals surface area contributed by atoms with Crippen LogP contribution in [0, 0.1) is 0 Å². The van der Waals surface area contributed by atoms with Gasteiger partial charge < -0.3 is 14.8 Å². The zero-order chi connectivity index (χ0) is 17.5. The lowest BCUT2D eigenvalue weighted by Gasteiger charge is -2.15. The third-order valence-corrected chi connectivity index (χ3v) is 3.70. The van der Waals surface area contributed by atoms with Crippen molar-refractivity contribution in [2.24, 2.45) is 0 Å². The lowest BCUT2D eigenvalue weighted by molar-refractivity contribution is -0.124. The van der Waals surface area contributed by atoms with Gasteiger partial charge in [-0.15, -0.1) is 0 Å². The number of esters is 1. The van der Waals surface area contributed by atoms with Crippen molar-refractivity contribution in [2.75, 3.05) is 13.7 Å². The molecule has 1 amide bonds. The van der Waals surface area contributed by atoms with Crippen LogP contribution in [-0.4, -0.2) is 30.6 Å². The molecule has 7 heteroatoms. The molecule has 0 aliphatic rings. The van der Waals surface area contributed by atoms with Crippen LogP contribution in [0.3, 0.4) is 0 Å². The van der Waals surface area contributed by atoms with E-state index in [1.165, 1.54) is 6.20 Å². The Balaban J connectivity index is 1.85. The van der Waals surface area contributed by atoms with Crippen molar-refractivity contribution in [3.05, 3.63) is 58.3 Å². The Morgan fingerprint density at radius 1 is 1.25 bits per heavy atom. The minimum atomic E-state index is -0.601. The number of amides is 1. The van der Waals surface area contributed by atoms with Crippen molar-refractivity contribution >= 4 is 27.8 Å². The molecule has 0 bridgehead atoms. The second-order valence-corrected chi connectivity index (χ2v) is 5.95. The average molecular weight is 393 g/mol. The van der Waals surface area contributed by atoms with Gasteiger partial charge in [-0.3, -0.25) is 9.78 Å². The van der Waals surface area contributed by atoms with E-state index >= 15 is 0 Å². The van der Waals surface area contributed by atoms with E-state index in [2.05, 4.69) is 26.2 Å². The number of nitrogens with zero attached hydrogens (tertiary/aromatic N) is 1. The van der Waals surface area contributed by atoms with E-state index in [0.717, 1.165) is 11.3 Å². The average Bonchev–Trinajstić information content (AvgIpc) is 2.59. The van der Waals surface area contributed by atoms with Crippen LogP contribution in [-0.2, 0) is 9.53 Å². The summed E-state index contributed by atoms with van der Waals surface area (Å²) < 4.78 is 10.7. The first-order valence-electron chi connectivity index (χ1n) is 7.20. The fourth-order valence-electron chi connectivity index (χ4n) is 2.00. The number of halogens is 1. The molecule has 1 atom stereocenters. The van der Waals surface area contributed by atoms with Gasteiger partial charge in [-0.25, -0.2) is 4.79 Å². The molecular formula is C17H17BrN2O4. The van der Waals surface area contributed by atoms with Crippen LogP contribution in [0.2, 0.25) is 0 Å². The van der Waals surface area contributed by atoms with Crippen LogP contribution in [0.25, 0.3) is 0 Å². The van der Waals surface area contributed by atoms with Gasteiger partial charge in [-0.2, -0.15) is 0 Å². The van der Waals surface area contributed by atoms with Crippen molar-refractivity contribution in [1.29, 1.82) is 0 Å². The van der Waals surface area contributed by atoms with Crippen LogP contribution < -0.4 is 10.1 Å². The Morgan fingerprint density at radius 2 is 1.96 bits per heavy atom. The number of pyridine rings is 1. The molecule has 24 heavy (non-hydrogen) atoms. The predicted octanol–water partition coefficient (Wildman–Crippen LogP) is 2.89. The summed E-state index contributed by atoms with van der Waals surface area (Å²) in [5.74, 6) is -0.237.